The highest BCUT2D eigenvalue weighted by atomic mass is 16.5. The minimum Gasteiger partial charge on any atom is -0.396 e. The van der Waals surface area contributed by atoms with Crippen LogP contribution < -0.4 is 0 Å². The van der Waals surface area contributed by atoms with Crippen LogP contribution in [0.2, 0.25) is 0 Å². The second kappa shape index (κ2) is 5.48. The number of ether oxygens (including phenoxy) is 1. The highest BCUT2D eigenvalue weighted by Crippen LogP contribution is 2.30. The Balaban J connectivity index is 1.72. The summed E-state index contributed by atoms with van der Waals surface area (Å²) >= 11 is 0. The number of likely N-dealkylation sites (tertiary alicyclic amines) is 1. The fourth-order valence-corrected chi connectivity index (χ4v) is 2.73. The van der Waals surface area contributed by atoms with Crippen molar-refractivity contribution in [3.8, 4) is 0 Å². The normalized spacial score (nSPS) is 28.1. The van der Waals surface area contributed by atoms with Crippen LogP contribution in [0, 0.1) is 11.3 Å². The maximum atomic E-state index is 9.32. The molecule has 0 aromatic carbocycles. The summed E-state index contributed by atoms with van der Waals surface area (Å²) in [6.07, 6.45) is 4.75. The van der Waals surface area contributed by atoms with E-state index in [1.54, 1.807) is 0 Å². The number of hydrogen-bond acceptors (Lipinski definition) is 3. The largest absolute Gasteiger partial charge is 0.396 e. The lowest BCUT2D eigenvalue weighted by atomic mass is 9.81. The van der Waals surface area contributed by atoms with Crippen LogP contribution in [0.4, 0.5) is 0 Å². The van der Waals surface area contributed by atoms with E-state index < -0.39 is 0 Å². The molecule has 2 fully saturated rings. The van der Waals surface area contributed by atoms with E-state index in [1.807, 2.05) is 0 Å². The summed E-state index contributed by atoms with van der Waals surface area (Å²) in [6.45, 7) is 8.02. The number of rotatable bonds is 3. The number of hydrogen-bond donors (Lipinski definition) is 1. The van der Waals surface area contributed by atoms with E-state index in [-0.39, 0.29) is 5.41 Å². The molecule has 0 spiro atoms. The second-order valence-corrected chi connectivity index (χ2v) is 5.83. The Labute approximate surface area is 98.8 Å². The minimum absolute atomic E-state index is 0.187. The van der Waals surface area contributed by atoms with E-state index in [9.17, 15) is 5.11 Å². The molecule has 0 aromatic rings. The van der Waals surface area contributed by atoms with E-state index in [2.05, 4.69) is 11.8 Å². The van der Waals surface area contributed by atoms with Crippen molar-refractivity contribution in [1.29, 1.82) is 0 Å². The molecule has 3 heteroatoms. The van der Waals surface area contributed by atoms with E-state index in [0.29, 0.717) is 6.61 Å². The van der Waals surface area contributed by atoms with Gasteiger partial charge in [0.1, 0.15) is 0 Å². The van der Waals surface area contributed by atoms with Crippen molar-refractivity contribution in [2.75, 3.05) is 39.5 Å². The Hall–Kier alpha value is -0.120. The van der Waals surface area contributed by atoms with E-state index in [4.69, 9.17) is 4.74 Å². The quantitative estimate of drug-likeness (QED) is 0.793. The molecule has 0 aromatic heterocycles. The lowest BCUT2D eigenvalue weighted by molar-refractivity contribution is 0.0256. The molecule has 0 saturated carbocycles. The van der Waals surface area contributed by atoms with Gasteiger partial charge in [-0.05, 0) is 50.1 Å². The molecule has 2 aliphatic rings. The molecule has 0 amide bonds. The molecule has 0 radical (unpaired) electrons. The lowest BCUT2D eigenvalue weighted by Crippen LogP contribution is -2.43. The van der Waals surface area contributed by atoms with Gasteiger partial charge in [0.15, 0.2) is 0 Å². The highest BCUT2D eigenvalue weighted by molar-refractivity contribution is 4.82. The van der Waals surface area contributed by atoms with Gasteiger partial charge in [-0.15, -0.1) is 0 Å². The number of nitrogens with zero attached hydrogens (tertiary/aromatic N) is 1. The molecule has 1 N–H and O–H groups in total. The Morgan fingerprint density at radius 2 is 1.88 bits per heavy atom. The summed E-state index contributed by atoms with van der Waals surface area (Å²) in [5.74, 6) is 0.840. The topological polar surface area (TPSA) is 32.7 Å². The molecule has 2 rings (SSSR count). The zero-order valence-corrected chi connectivity index (χ0v) is 10.5. The van der Waals surface area contributed by atoms with Crippen molar-refractivity contribution >= 4 is 0 Å². The SMILES string of the molecule is CC1(CO)CCN(CC2CCOCC2)CC1. The Bertz CT molecular complexity index is 206. The molecular formula is C13H25NO2. The van der Waals surface area contributed by atoms with Crippen molar-refractivity contribution in [1.82, 2.24) is 4.90 Å². The standard InChI is InChI=1S/C13H25NO2/c1-13(11-15)4-6-14(7-5-13)10-12-2-8-16-9-3-12/h12,15H,2-11H2,1H3. The predicted octanol–water partition coefficient (Wildman–Crippen LogP) is 1.51. The first-order chi connectivity index (χ1) is 7.72. The monoisotopic (exact) mass is 227 g/mol. The summed E-state index contributed by atoms with van der Waals surface area (Å²) in [4.78, 5) is 2.58. The second-order valence-electron chi connectivity index (χ2n) is 5.83. The van der Waals surface area contributed by atoms with Crippen LogP contribution in [0.25, 0.3) is 0 Å². The average Bonchev–Trinajstić information content (AvgIpc) is 2.34. The molecule has 2 saturated heterocycles. The van der Waals surface area contributed by atoms with Gasteiger partial charge in [0.2, 0.25) is 0 Å². The van der Waals surface area contributed by atoms with Crippen LogP contribution in [0.15, 0.2) is 0 Å². The highest BCUT2D eigenvalue weighted by Gasteiger charge is 2.30. The van der Waals surface area contributed by atoms with Crippen LogP contribution in [-0.4, -0.2) is 49.5 Å². The molecule has 0 bridgehead atoms. The molecule has 94 valence electrons. The van der Waals surface area contributed by atoms with Crippen LogP contribution in [-0.2, 0) is 4.74 Å². The summed E-state index contributed by atoms with van der Waals surface area (Å²) in [5.41, 5.74) is 0.187. The third-order valence-corrected chi connectivity index (χ3v) is 4.30. The van der Waals surface area contributed by atoms with Gasteiger partial charge in [0.05, 0.1) is 0 Å². The molecule has 2 aliphatic heterocycles. The molecular weight excluding hydrogens is 202 g/mol. The lowest BCUT2D eigenvalue weighted by Gasteiger charge is -2.40. The van der Waals surface area contributed by atoms with E-state index >= 15 is 0 Å². The van der Waals surface area contributed by atoms with Gasteiger partial charge in [-0.3, -0.25) is 0 Å². The van der Waals surface area contributed by atoms with Gasteiger partial charge < -0.3 is 14.7 Å². The number of aliphatic hydroxyl groups excluding tert-OH is 1. The summed E-state index contributed by atoms with van der Waals surface area (Å²) in [7, 11) is 0. The third kappa shape index (κ3) is 3.19. The van der Waals surface area contributed by atoms with Crippen molar-refractivity contribution in [2.24, 2.45) is 11.3 Å². The number of piperidine rings is 1. The smallest absolute Gasteiger partial charge is 0.0485 e. The molecule has 0 aliphatic carbocycles. The first-order valence-electron chi connectivity index (χ1n) is 6.63. The van der Waals surface area contributed by atoms with E-state index in [1.165, 1.54) is 19.4 Å². The van der Waals surface area contributed by atoms with Crippen LogP contribution in [0.3, 0.4) is 0 Å². The molecule has 0 unspecified atom stereocenters. The van der Waals surface area contributed by atoms with Gasteiger partial charge in [0.25, 0.3) is 0 Å². The van der Waals surface area contributed by atoms with Gasteiger partial charge in [-0.1, -0.05) is 6.92 Å². The molecule has 0 atom stereocenters. The van der Waals surface area contributed by atoms with Crippen molar-refractivity contribution in [3.63, 3.8) is 0 Å². The van der Waals surface area contributed by atoms with Gasteiger partial charge in [-0.2, -0.15) is 0 Å². The molecule has 2 heterocycles. The van der Waals surface area contributed by atoms with Crippen LogP contribution in [0.1, 0.15) is 32.6 Å². The first-order valence-corrected chi connectivity index (χ1v) is 6.63. The van der Waals surface area contributed by atoms with Gasteiger partial charge >= 0.3 is 0 Å². The minimum atomic E-state index is 0.187. The Kier molecular flexibility index (Phi) is 4.22. The third-order valence-electron chi connectivity index (χ3n) is 4.30. The summed E-state index contributed by atoms with van der Waals surface area (Å²) < 4.78 is 5.39. The first kappa shape index (κ1) is 12.3. The Morgan fingerprint density at radius 3 is 2.44 bits per heavy atom. The molecule has 3 nitrogen and oxygen atoms in total. The molecule has 16 heavy (non-hydrogen) atoms. The van der Waals surface area contributed by atoms with Crippen molar-refractivity contribution in [2.45, 2.75) is 32.6 Å². The van der Waals surface area contributed by atoms with Gasteiger partial charge in [0, 0.05) is 26.4 Å². The Morgan fingerprint density at radius 1 is 1.25 bits per heavy atom. The maximum Gasteiger partial charge on any atom is 0.0485 e. The van der Waals surface area contributed by atoms with Gasteiger partial charge in [-0.25, -0.2) is 0 Å². The fourth-order valence-electron chi connectivity index (χ4n) is 2.73. The summed E-state index contributed by atoms with van der Waals surface area (Å²) in [5, 5.41) is 9.32. The van der Waals surface area contributed by atoms with Crippen LogP contribution in [0.5, 0.6) is 0 Å². The van der Waals surface area contributed by atoms with E-state index in [0.717, 1.165) is 45.1 Å². The van der Waals surface area contributed by atoms with Crippen molar-refractivity contribution in [3.05, 3.63) is 0 Å². The fraction of sp³-hybridized carbons (Fsp3) is 1.00. The average molecular weight is 227 g/mol. The zero-order chi connectivity index (χ0) is 11.4. The maximum absolute atomic E-state index is 9.32. The number of aliphatic hydroxyl groups is 1. The predicted molar refractivity (Wildman–Crippen MR) is 64.4 cm³/mol. The van der Waals surface area contributed by atoms with Crippen molar-refractivity contribution < 1.29 is 9.84 Å². The van der Waals surface area contributed by atoms with Crippen LogP contribution >= 0.6 is 0 Å². The zero-order valence-electron chi connectivity index (χ0n) is 10.5. The summed E-state index contributed by atoms with van der Waals surface area (Å²) in [6, 6.07) is 0.